The zero-order valence-corrected chi connectivity index (χ0v) is 29.0. The lowest BCUT2D eigenvalue weighted by Gasteiger charge is -2.57. The first kappa shape index (κ1) is 31.1. The highest BCUT2D eigenvalue weighted by atomic mass is 127. The summed E-state index contributed by atoms with van der Waals surface area (Å²) < 4.78 is 13.1. The predicted octanol–water partition coefficient (Wildman–Crippen LogP) is 8.56. The summed E-state index contributed by atoms with van der Waals surface area (Å²) in [5.74, 6) is 2.17. The molecule has 1 saturated heterocycles. The van der Waals surface area contributed by atoms with Crippen LogP contribution in [0.1, 0.15) is 62.1 Å². The Kier molecular flexibility index (Phi) is 8.01. The Balaban J connectivity index is 1.05. The molecule has 4 saturated carbocycles. The maximum absolute atomic E-state index is 13.8. The van der Waals surface area contributed by atoms with Gasteiger partial charge in [-0.15, -0.1) is 0 Å². The fourth-order valence-electron chi connectivity index (χ4n) is 9.13. The number of ether oxygens (including phenoxy) is 2. The van der Waals surface area contributed by atoms with Gasteiger partial charge in [-0.05, 0) is 149 Å². The van der Waals surface area contributed by atoms with Crippen LogP contribution in [0.15, 0.2) is 84.4 Å². The molecule has 9 rings (SSSR count). The van der Waals surface area contributed by atoms with E-state index in [2.05, 4.69) is 58.2 Å². The number of hydrogen-bond donors (Lipinski definition) is 1. The molecule has 4 amide bonds. The third-order valence-electron chi connectivity index (χ3n) is 10.8. The molecule has 0 unspecified atom stereocenters. The van der Waals surface area contributed by atoms with Crippen molar-refractivity contribution in [1.82, 2.24) is 5.32 Å². The van der Waals surface area contributed by atoms with Crippen LogP contribution in [0.4, 0.5) is 10.5 Å². The Hall–Kier alpha value is -4.18. The highest BCUT2D eigenvalue weighted by Gasteiger charge is 2.51. The van der Waals surface area contributed by atoms with Gasteiger partial charge in [0.25, 0.3) is 11.8 Å². The number of halogens is 1. The Morgan fingerprint density at radius 1 is 0.875 bits per heavy atom. The minimum Gasteiger partial charge on any atom is -0.490 e. The second-order valence-corrected chi connectivity index (χ2v) is 15.1. The highest BCUT2D eigenvalue weighted by molar-refractivity contribution is 14.1. The first-order valence-electron chi connectivity index (χ1n) is 16.9. The van der Waals surface area contributed by atoms with E-state index in [4.69, 9.17) is 9.47 Å². The molecule has 4 aromatic rings. The Bertz CT molecular complexity index is 1940. The zero-order chi connectivity index (χ0) is 33.0. The van der Waals surface area contributed by atoms with Crippen molar-refractivity contribution < 1.29 is 23.9 Å². The second-order valence-electron chi connectivity index (χ2n) is 13.9. The average molecular weight is 753 g/mol. The SMILES string of the molecule is CCOc1cc(/C=C2\C(=O)NC(=O)N(c3ccc(C45CC6CC(CC(C6)C4)C5)cc3)C2=O)cc(I)c1OCc1cccc2ccccc12. The van der Waals surface area contributed by atoms with Crippen LogP contribution in [0.2, 0.25) is 0 Å². The van der Waals surface area contributed by atoms with Crippen molar-refractivity contribution >= 4 is 63.0 Å². The van der Waals surface area contributed by atoms with Gasteiger partial charge in [0.05, 0.1) is 15.9 Å². The van der Waals surface area contributed by atoms with Gasteiger partial charge in [0.2, 0.25) is 0 Å². The molecule has 5 fully saturated rings. The summed E-state index contributed by atoms with van der Waals surface area (Å²) in [5.41, 5.74) is 3.49. The monoisotopic (exact) mass is 752 g/mol. The van der Waals surface area contributed by atoms with Crippen LogP contribution in [0.5, 0.6) is 11.5 Å². The van der Waals surface area contributed by atoms with Crippen molar-refractivity contribution in [1.29, 1.82) is 0 Å². The summed E-state index contributed by atoms with van der Waals surface area (Å²) in [6, 6.07) is 25.1. The van der Waals surface area contributed by atoms with Crippen LogP contribution in [0.25, 0.3) is 16.8 Å². The number of barbiturate groups is 1. The van der Waals surface area contributed by atoms with Gasteiger partial charge in [0.1, 0.15) is 12.2 Å². The molecule has 4 aliphatic carbocycles. The van der Waals surface area contributed by atoms with Gasteiger partial charge in [0, 0.05) is 0 Å². The number of urea groups is 1. The van der Waals surface area contributed by atoms with E-state index in [9.17, 15) is 14.4 Å². The summed E-state index contributed by atoms with van der Waals surface area (Å²) in [4.78, 5) is 40.9. The van der Waals surface area contributed by atoms with Gasteiger partial charge in [-0.25, -0.2) is 9.69 Å². The summed E-state index contributed by atoms with van der Waals surface area (Å²) in [5, 5.41) is 4.64. The number of rotatable bonds is 8. The van der Waals surface area contributed by atoms with Gasteiger partial charge in [-0.1, -0.05) is 54.6 Å². The Labute approximate surface area is 293 Å². The van der Waals surface area contributed by atoms with Gasteiger partial charge >= 0.3 is 6.03 Å². The predicted molar refractivity (Wildman–Crippen MR) is 194 cm³/mol. The van der Waals surface area contributed by atoms with Crippen LogP contribution in [0.3, 0.4) is 0 Å². The average Bonchev–Trinajstić information content (AvgIpc) is 3.06. The number of carbonyl (C=O) groups excluding carboxylic acids is 3. The molecule has 1 aliphatic heterocycles. The summed E-state index contributed by atoms with van der Waals surface area (Å²) >= 11 is 2.18. The first-order valence-corrected chi connectivity index (χ1v) is 18.0. The normalized spacial score (nSPS) is 25.5. The van der Waals surface area contributed by atoms with Gasteiger partial charge in [-0.3, -0.25) is 14.9 Å². The Morgan fingerprint density at radius 3 is 2.27 bits per heavy atom. The quantitative estimate of drug-likeness (QED) is 0.111. The van der Waals surface area contributed by atoms with Crippen molar-refractivity contribution in [2.75, 3.05) is 11.5 Å². The van der Waals surface area contributed by atoms with Crippen molar-refractivity contribution in [3.05, 3.63) is 105 Å². The lowest BCUT2D eigenvalue weighted by molar-refractivity contribution is -0.122. The number of nitrogens with one attached hydrogen (secondary N) is 1. The minimum atomic E-state index is -0.744. The van der Waals surface area contributed by atoms with E-state index >= 15 is 0 Å². The molecule has 1 N–H and O–H groups in total. The van der Waals surface area contributed by atoms with E-state index in [0.717, 1.165) is 42.6 Å². The molecular weight excluding hydrogens is 715 g/mol. The van der Waals surface area contributed by atoms with E-state index in [0.29, 0.717) is 36.0 Å². The van der Waals surface area contributed by atoms with Crippen LogP contribution in [0, 0.1) is 21.3 Å². The van der Waals surface area contributed by atoms with E-state index in [1.807, 2.05) is 49.4 Å². The zero-order valence-electron chi connectivity index (χ0n) is 26.8. The van der Waals surface area contributed by atoms with E-state index < -0.39 is 17.8 Å². The lowest BCUT2D eigenvalue weighted by atomic mass is 9.48. The van der Waals surface area contributed by atoms with Crippen LogP contribution >= 0.6 is 22.6 Å². The molecular formula is C40H37IN2O5. The molecule has 1 heterocycles. The fraction of sp³-hybridized carbons (Fsp3) is 0.325. The van der Waals surface area contributed by atoms with Gasteiger partial charge < -0.3 is 9.47 Å². The minimum absolute atomic E-state index is 0.123. The molecule has 4 aromatic carbocycles. The number of hydrogen-bond acceptors (Lipinski definition) is 5. The Morgan fingerprint density at radius 2 is 1.56 bits per heavy atom. The second kappa shape index (κ2) is 12.4. The number of anilines is 1. The number of imide groups is 2. The molecule has 244 valence electrons. The summed E-state index contributed by atoms with van der Waals surface area (Å²) in [6.45, 7) is 2.64. The number of nitrogens with zero attached hydrogens (tertiary/aromatic N) is 1. The first-order chi connectivity index (χ1) is 23.3. The largest absolute Gasteiger partial charge is 0.490 e. The van der Waals surface area contributed by atoms with E-state index in [1.165, 1.54) is 50.2 Å². The molecule has 48 heavy (non-hydrogen) atoms. The number of fused-ring (bicyclic) bond motifs is 1. The summed E-state index contributed by atoms with van der Waals surface area (Å²) in [7, 11) is 0. The molecule has 0 atom stereocenters. The maximum Gasteiger partial charge on any atom is 0.335 e. The van der Waals surface area contributed by atoms with Gasteiger partial charge in [-0.2, -0.15) is 0 Å². The van der Waals surface area contributed by atoms with E-state index in [-0.39, 0.29) is 11.0 Å². The standard InChI is InChI=1S/C40H37IN2O5/c1-2-47-35-19-24(18-34(41)36(35)48-23-29-8-5-7-28-6-3-4-9-32(28)29)17-33-37(44)42-39(46)43(38(33)45)31-12-10-30(11-13-31)40-20-25-14-26(21-40)16-27(15-25)22-40/h3-13,17-19,25-27H,2,14-16,20-23H2,1H3,(H,42,44,46)/b33-17+. The van der Waals surface area contributed by atoms with Crippen LogP contribution < -0.4 is 19.7 Å². The molecule has 0 spiro atoms. The third kappa shape index (κ3) is 5.57. The van der Waals surface area contributed by atoms with Crippen LogP contribution in [-0.2, 0) is 21.6 Å². The molecule has 7 nitrogen and oxygen atoms in total. The van der Waals surface area contributed by atoms with E-state index in [1.54, 1.807) is 6.07 Å². The van der Waals surface area contributed by atoms with Crippen molar-refractivity contribution in [3.8, 4) is 11.5 Å². The molecule has 4 bridgehead atoms. The third-order valence-corrected chi connectivity index (χ3v) is 11.6. The number of benzene rings is 4. The van der Waals surface area contributed by atoms with Crippen LogP contribution in [-0.4, -0.2) is 24.5 Å². The fourth-order valence-corrected chi connectivity index (χ4v) is 9.91. The molecule has 8 heteroatoms. The number of carbonyl (C=O) groups is 3. The number of amides is 4. The topological polar surface area (TPSA) is 84.9 Å². The lowest BCUT2D eigenvalue weighted by Crippen LogP contribution is -2.54. The highest BCUT2D eigenvalue weighted by Crippen LogP contribution is 2.60. The summed E-state index contributed by atoms with van der Waals surface area (Å²) in [6.07, 6.45) is 9.33. The molecule has 0 aromatic heterocycles. The molecule has 0 radical (unpaired) electrons. The van der Waals surface area contributed by atoms with Crippen molar-refractivity contribution in [2.24, 2.45) is 17.8 Å². The van der Waals surface area contributed by atoms with Gasteiger partial charge in [0.15, 0.2) is 11.5 Å². The van der Waals surface area contributed by atoms with Crippen molar-refractivity contribution in [3.63, 3.8) is 0 Å². The van der Waals surface area contributed by atoms with Crippen molar-refractivity contribution in [2.45, 2.75) is 57.5 Å². The molecule has 5 aliphatic rings. The maximum atomic E-state index is 13.8. The smallest absolute Gasteiger partial charge is 0.335 e.